The lowest BCUT2D eigenvalue weighted by Gasteiger charge is -2.38. The Morgan fingerprint density at radius 3 is 2.67 bits per heavy atom. The molecule has 116 valence electrons. The summed E-state index contributed by atoms with van der Waals surface area (Å²) in [5, 5.41) is 4.63. The molecule has 0 aliphatic heterocycles. The fourth-order valence-corrected chi connectivity index (χ4v) is 4.07. The molecule has 2 saturated carbocycles. The van der Waals surface area contributed by atoms with Gasteiger partial charge in [0.1, 0.15) is 0 Å². The normalized spacial score (nSPS) is 29.8. The van der Waals surface area contributed by atoms with Crippen LogP contribution in [0.1, 0.15) is 57.4 Å². The highest BCUT2D eigenvalue weighted by Crippen LogP contribution is 2.43. The maximum absolute atomic E-state index is 6.23. The molecule has 2 heteroatoms. The first-order chi connectivity index (χ1) is 10.1. The minimum atomic E-state index is 0.677. The molecule has 21 heavy (non-hydrogen) atoms. The first-order valence-electron chi connectivity index (χ1n) is 8.62. The maximum Gasteiger partial charge on any atom is 0.0408 e. The van der Waals surface area contributed by atoms with Crippen LogP contribution in [0, 0.1) is 17.8 Å². The Hall–Kier alpha value is -0.530. The van der Waals surface area contributed by atoms with E-state index in [-0.39, 0.29) is 0 Å². The van der Waals surface area contributed by atoms with Crippen molar-refractivity contribution in [2.24, 2.45) is 17.8 Å². The zero-order chi connectivity index (χ0) is 14.8. The van der Waals surface area contributed by atoms with Gasteiger partial charge >= 0.3 is 0 Å². The molecule has 1 aromatic rings. The van der Waals surface area contributed by atoms with Crippen LogP contribution in [-0.4, -0.2) is 12.6 Å². The molecule has 0 amide bonds. The second-order valence-corrected chi connectivity index (χ2v) is 7.86. The number of hydrogen-bond donors (Lipinski definition) is 1. The second kappa shape index (κ2) is 6.71. The minimum Gasteiger partial charge on any atom is -0.314 e. The molecule has 0 saturated heterocycles. The van der Waals surface area contributed by atoms with Gasteiger partial charge in [0.05, 0.1) is 0 Å². The van der Waals surface area contributed by atoms with E-state index in [1.807, 2.05) is 6.07 Å². The topological polar surface area (TPSA) is 12.0 Å². The summed E-state index contributed by atoms with van der Waals surface area (Å²) in [6.45, 7) is 5.94. The number of benzene rings is 1. The molecule has 1 aromatic carbocycles. The molecule has 1 N–H and O–H groups in total. The first-order valence-corrected chi connectivity index (χ1v) is 9.00. The quantitative estimate of drug-likeness (QED) is 0.783. The van der Waals surface area contributed by atoms with Crippen molar-refractivity contribution in [1.29, 1.82) is 0 Å². The Bertz CT molecular complexity index is 466. The van der Waals surface area contributed by atoms with Gasteiger partial charge in [-0.1, -0.05) is 37.6 Å². The van der Waals surface area contributed by atoms with E-state index in [0.29, 0.717) is 5.92 Å². The van der Waals surface area contributed by atoms with Crippen molar-refractivity contribution < 1.29 is 0 Å². The van der Waals surface area contributed by atoms with Crippen LogP contribution < -0.4 is 5.32 Å². The molecule has 0 spiro atoms. The van der Waals surface area contributed by atoms with E-state index in [1.54, 1.807) is 0 Å². The van der Waals surface area contributed by atoms with Gasteiger partial charge in [-0.2, -0.15) is 0 Å². The van der Waals surface area contributed by atoms with Crippen LogP contribution >= 0.6 is 11.6 Å². The molecule has 3 atom stereocenters. The third-order valence-corrected chi connectivity index (χ3v) is 5.73. The molecule has 0 heterocycles. The summed E-state index contributed by atoms with van der Waals surface area (Å²) in [5.74, 6) is 3.12. The lowest BCUT2D eigenvalue weighted by molar-refractivity contribution is 0.190. The van der Waals surface area contributed by atoms with E-state index in [1.165, 1.54) is 44.2 Å². The van der Waals surface area contributed by atoms with Crippen LogP contribution in [0.3, 0.4) is 0 Å². The summed E-state index contributed by atoms with van der Waals surface area (Å²) in [5.41, 5.74) is 1.45. The van der Waals surface area contributed by atoms with Gasteiger partial charge < -0.3 is 5.32 Å². The zero-order valence-electron chi connectivity index (χ0n) is 13.3. The SMILES string of the molecule is CC(C)C1CCC(CNC2CC2)C(c2cccc(Cl)c2)C1. The van der Waals surface area contributed by atoms with Gasteiger partial charge in [-0.15, -0.1) is 0 Å². The largest absolute Gasteiger partial charge is 0.314 e. The number of halogens is 1. The van der Waals surface area contributed by atoms with E-state index in [0.717, 1.165) is 28.8 Å². The Morgan fingerprint density at radius 1 is 1.19 bits per heavy atom. The summed E-state index contributed by atoms with van der Waals surface area (Å²) >= 11 is 6.23. The number of nitrogens with one attached hydrogen (secondary N) is 1. The number of hydrogen-bond acceptors (Lipinski definition) is 1. The average molecular weight is 306 g/mol. The standard InChI is InChI=1S/C19H28ClN/c1-13(2)14-6-7-16(12-21-18-8-9-18)19(11-14)15-4-3-5-17(20)10-15/h3-5,10,13-14,16,18-19,21H,6-9,11-12H2,1-2H3. The van der Waals surface area contributed by atoms with Crippen LogP contribution in [-0.2, 0) is 0 Å². The van der Waals surface area contributed by atoms with E-state index >= 15 is 0 Å². The predicted molar refractivity (Wildman–Crippen MR) is 90.9 cm³/mol. The molecule has 3 rings (SSSR count). The minimum absolute atomic E-state index is 0.677. The van der Waals surface area contributed by atoms with Crippen molar-refractivity contribution >= 4 is 11.6 Å². The van der Waals surface area contributed by atoms with E-state index in [2.05, 4.69) is 37.4 Å². The van der Waals surface area contributed by atoms with E-state index < -0.39 is 0 Å². The first kappa shape index (κ1) is 15.4. The molecular formula is C19H28ClN. The van der Waals surface area contributed by atoms with E-state index in [9.17, 15) is 0 Å². The lowest BCUT2D eigenvalue weighted by atomic mass is 9.68. The highest BCUT2D eigenvalue weighted by molar-refractivity contribution is 6.30. The van der Waals surface area contributed by atoms with Crippen molar-refractivity contribution in [1.82, 2.24) is 5.32 Å². The third-order valence-electron chi connectivity index (χ3n) is 5.50. The Morgan fingerprint density at radius 2 is 2.00 bits per heavy atom. The van der Waals surface area contributed by atoms with Crippen LogP contribution in [0.15, 0.2) is 24.3 Å². The van der Waals surface area contributed by atoms with Crippen LogP contribution in [0.4, 0.5) is 0 Å². The summed E-state index contributed by atoms with van der Waals surface area (Å²) in [7, 11) is 0. The Balaban J connectivity index is 1.74. The second-order valence-electron chi connectivity index (χ2n) is 7.42. The molecular weight excluding hydrogens is 278 g/mol. The molecule has 2 fully saturated rings. The van der Waals surface area contributed by atoms with Gasteiger partial charge in [-0.05, 0) is 80.0 Å². The van der Waals surface area contributed by atoms with Gasteiger partial charge in [0.25, 0.3) is 0 Å². The molecule has 0 radical (unpaired) electrons. The van der Waals surface area contributed by atoms with Crippen LogP contribution in [0.2, 0.25) is 5.02 Å². The van der Waals surface area contributed by atoms with Crippen molar-refractivity contribution in [3.05, 3.63) is 34.9 Å². The summed E-state index contributed by atoms with van der Waals surface area (Å²) in [4.78, 5) is 0. The highest BCUT2D eigenvalue weighted by atomic mass is 35.5. The zero-order valence-corrected chi connectivity index (χ0v) is 14.1. The average Bonchev–Trinajstić information content (AvgIpc) is 3.29. The molecule has 2 aliphatic rings. The monoisotopic (exact) mass is 305 g/mol. The molecule has 2 aliphatic carbocycles. The Labute approximate surface area is 134 Å². The van der Waals surface area contributed by atoms with Gasteiger partial charge in [0.2, 0.25) is 0 Å². The summed E-state index contributed by atoms with van der Waals surface area (Å²) in [6, 6.07) is 9.39. The summed E-state index contributed by atoms with van der Waals surface area (Å²) in [6.07, 6.45) is 6.84. The number of rotatable bonds is 5. The Kier molecular flexibility index (Phi) is 4.91. The fourth-order valence-electron chi connectivity index (χ4n) is 3.87. The van der Waals surface area contributed by atoms with Gasteiger partial charge in [0, 0.05) is 11.1 Å². The van der Waals surface area contributed by atoms with Crippen molar-refractivity contribution in [2.45, 2.75) is 57.9 Å². The third kappa shape index (κ3) is 4.02. The highest BCUT2D eigenvalue weighted by Gasteiger charge is 2.33. The van der Waals surface area contributed by atoms with E-state index in [4.69, 9.17) is 11.6 Å². The predicted octanol–water partition coefficient (Wildman–Crippen LogP) is 5.25. The molecule has 1 nitrogen and oxygen atoms in total. The van der Waals surface area contributed by atoms with Gasteiger partial charge in [-0.3, -0.25) is 0 Å². The van der Waals surface area contributed by atoms with Crippen molar-refractivity contribution in [2.75, 3.05) is 6.54 Å². The van der Waals surface area contributed by atoms with Gasteiger partial charge in [-0.25, -0.2) is 0 Å². The van der Waals surface area contributed by atoms with Crippen molar-refractivity contribution in [3.8, 4) is 0 Å². The smallest absolute Gasteiger partial charge is 0.0408 e. The summed E-state index contributed by atoms with van der Waals surface area (Å²) < 4.78 is 0. The van der Waals surface area contributed by atoms with Crippen LogP contribution in [0.25, 0.3) is 0 Å². The fraction of sp³-hybridized carbons (Fsp3) is 0.684. The van der Waals surface area contributed by atoms with Gasteiger partial charge in [0.15, 0.2) is 0 Å². The molecule has 0 aromatic heterocycles. The molecule has 0 bridgehead atoms. The van der Waals surface area contributed by atoms with Crippen molar-refractivity contribution in [3.63, 3.8) is 0 Å². The maximum atomic E-state index is 6.23. The molecule has 3 unspecified atom stereocenters. The van der Waals surface area contributed by atoms with Crippen LogP contribution in [0.5, 0.6) is 0 Å². The lowest BCUT2D eigenvalue weighted by Crippen LogP contribution is -2.34.